The number of nitrogens with one attached hydrogen (secondary N) is 1. The van der Waals surface area contributed by atoms with Crippen LogP contribution < -0.4 is 9.62 Å². The molecule has 5 rings (SSSR count). The second-order valence-electron chi connectivity index (χ2n) is 7.51. The molecule has 0 atom stereocenters. The van der Waals surface area contributed by atoms with Crippen LogP contribution in [0.5, 0.6) is 0 Å². The lowest BCUT2D eigenvalue weighted by molar-refractivity contribution is -0.115. The number of anilines is 3. The summed E-state index contributed by atoms with van der Waals surface area (Å²) in [6, 6.07) is 22.3. The molecule has 11 heteroatoms. The largest absolute Gasteiger partial charge is 0.411 e. The number of fused-ring (bicyclic) bond motifs is 2. The molecule has 0 spiro atoms. The van der Waals surface area contributed by atoms with Gasteiger partial charge in [-0.1, -0.05) is 47.8 Å². The summed E-state index contributed by atoms with van der Waals surface area (Å²) in [6.07, 6.45) is 0. The minimum absolute atomic E-state index is 0.00878. The van der Waals surface area contributed by atoms with Crippen LogP contribution in [0, 0.1) is 0 Å². The molecule has 0 aliphatic carbocycles. The fraction of sp³-hybridized carbons (Fsp3) is 0.125. The van der Waals surface area contributed by atoms with Crippen molar-refractivity contribution >= 4 is 56.5 Å². The van der Waals surface area contributed by atoms with Crippen LogP contribution in [0.2, 0.25) is 0 Å². The summed E-state index contributed by atoms with van der Waals surface area (Å²) < 4.78 is 31.7. The predicted octanol–water partition coefficient (Wildman–Crippen LogP) is 5.42. The third-order valence-electron chi connectivity index (χ3n) is 5.19. The fourth-order valence-electron chi connectivity index (χ4n) is 3.48. The van der Waals surface area contributed by atoms with Crippen molar-refractivity contribution in [1.29, 1.82) is 0 Å². The Hall–Kier alpha value is -3.28. The highest BCUT2D eigenvalue weighted by molar-refractivity contribution is 8.00. The molecule has 0 unspecified atom stereocenters. The van der Waals surface area contributed by atoms with Crippen molar-refractivity contribution in [3.05, 3.63) is 72.8 Å². The zero-order valence-electron chi connectivity index (χ0n) is 18.5. The Kier molecular flexibility index (Phi) is 6.54. The van der Waals surface area contributed by atoms with Crippen molar-refractivity contribution in [1.82, 2.24) is 10.2 Å². The molecule has 2 heterocycles. The Labute approximate surface area is 211 Å². The molecule has 1 amide bonds. The minimum Gasteiger partial charge on any atom is -0.411 e. The molecule has 1 aliphatic heterocycles. The zero-order valence-corrected chi connectivity index (χ0v) is 21.0. The number of aromatic nitrogens is 2. The van der Waals surface area contributed by atoms with E-state index in [0.717, 1.165) is 21.2 Å². The lowest BCUT2D eigenvalue weighted by atomic mass is 10.2. The number of rotatable bonds is 7. The van der Waals surface area contributed by atoms with E-state index in [2.05, 4.69) is 14.9 Å². The van der Waals surface area contributed by atoms with Gasteiger partial charge in [0, 0.05) is 21.0 Å². The van der Waals surface area contributed by atoms with Gasteiger partial charge >= 0.3 is 0 Å². The molecular formula is C24H20N4O4S3. The van der Waals surface area contributed by atoms with Crippen LogP contribution in [0.3, 0.4) is 0 Å². The van der Waals surface area contributed by atoms with Crippen LogP contribution in [0.25, 0.3) is 11.5 Å². The van der Waals surface area contributed by atoms with Gasteiger partial charge in [0.25, 0.3) is 5.22 Å². The second-order valence-corrected chi connectivity index (χ2v) is 11.5. The van der Waals surface area contributed by atoms with Gasteiger partial charge < -0.3 is 4.42 Å². The lowest BCUT2D eigenvalue weighted by Gasteiger charge is -2.30. The number of hydrogen-bond donors (Lipinski definition) is 1. The maximum absolute atomic E-state index is 13.3. The maximum Gasteiger partial charge on any atom is 0.277 e. The Morgan fingerprint density at radius 3 is 2.23 bits per heavy atom. The van der Waals surface area contributed by atoms with Crippen molar-refractivity contribution in [3.8, 4) is 11.5 Å². The van der Waals surface area contributed by atoms with Gasteiger partial charge in [0.15, 0.2) is 0 Å². The Balaban J connectivity index is 1.29. The average Bonchev–Trinajstić information content (AvgIpc) is 3.35. The van der Waals surface area contributed by atoms with Gasteiger partial charge in [0.1, 0.15) is 0 Å². The van der Waals surface area contributed by atoms with Gasteiger partial charge in [-0.3, -0.25) is 14.4 Å². The smallest absolute Gasteiger partial charge is 0.277 e. The first-order valence-electron chi connectivity index (χ1n) is 10.7. The van der Waals surface area contributed by atoms with Crippen LogP contribution >= 0.6 is 23.5 Å². The van der Waals surface area contributed by atoms with Crippen molar-refractivity contribution in [2.24, 2.45) is 0 Å². The molecule has 1 aromatic heterocycles. The molecule has 0 saturated heterocycles. The third kappa shape index (κ3) is 5.07. The van der Waals surface area contributed by atoms with Gasteiger partial charge in [-0.2, -0.15) is 0 Å². The van der Waals surface area contributed by atoms with E-state index in [-0.39, 0.29) is 28.5 Å². The number of para-hydroxylation sites is 2. The van der Waals surface area contributed by atoms with E-state index in [0.29, 0.717) is 11.3 Å². The highest BCUT2D eigenvalue weighted by Gasteiger charge is 2.28. The summed E-state index contributed by atoms with van der Waals surface area (Å²) in [5.41, 5.74) is 2.81. The van der Waals surface area contributed by atoms with Crippen molar-refractivity contribution in [3.63, 3.8) is 0 Å². The van der Waals surface area contributed by atoms with Crippen molar-refractivity contribution < 1.29 is 17.6 Å². The third-order valence-corrected chi connectivity index (χ3v) is 8.43. The standard InChI is InChI=1S/C24H20N4O4S3/c1-2-35(30,31)27-17-13-11-16(12-14-17)23-25-26-24(32-23)33-15-22(29)28-18-7-3-5-9-20(18)34-21-10-6-4-8-19(21)28/h3-14,27H,2,15H2,1H3. The zero-order chi connectivity index (χ0) is 24.4. The SMILES string of the molecule is CCS(=O)(=O)Nc1ccc(-c2nnc(SCC(=O)N3c4ccccc4Sc4ccccc43)o2)cc1. The highest BCUT2D eigenvalue weighted by Crippen LogP contribution is 2.48. The topological polar surface area (TPSA) is 105 Å². The van der Waals surface area contributed by atoms with Gasteiger partial charge in [-0.05, 0) is 55.5 Å². The van der Waals surface area contributed by atoms with Crippen LogP contribution in [0.1, 0.15) is 6.92 Å². The average molecular weight is 525 g/mol. The van der Waals surface area contributed by atoms with Gasteiger partial charge in [-0.25, -0.2) is 8.42 Å². The number of carbonyl (C=O) groups is 1. The molecular weight excluding hydrogens is 504 g/mol. The number of thioether (sulfide) groups is 1. The normalized spacial score (nSPS) is 12.7. The summed E-state index contributed by atoms with van der Waals surface area (Å²) in [5.74, 6) is 0.301. The van der Waals surface area contributed by atoms with Crippen LogP contribution in [0.15, 0.2) is 92.2 Å². The number of carbonyl (C=O) groups excluding carboxylic acids is 1. The number of amides is 1. The summed E-state index contributed by atoms with van der Waals surface area (Å²) in [5, 5.41) is 8.39. The molecule has 3 aromatic carbocycles. The number of sulfonamides is 1. The van der Waals surface area contributed by atoms with E-state index in [1.165, 1.54) is 11.8 Å². The molecule has 178 valence electrons. The molecule has 35 heavy (non-hydrogen) atoms. The summed E-state index contributed by atoms with van der Waals surface area (Å²) in [6.45, 7) is 1.57. The summed E-state index contributed by atoms with van der Waals surface area (Å²) in [4.78, 5) is 17.1. The second kappa shape index (κ2) is 9.76. The Morgan fingerprint density at radius 2 is 1.60 bits per heavy atom. The summed E-state index contributed by atoms with van der Waals surface area (Å²) >= 11 is 2.82. The number of hydrogen-bond acceptors (Lipinski definition) is 8. The molecule has 4 aromatic rings. The van der Waals surface area contributed by atoms with E-state index < -0.39 is 10.0 Å². The fourth-order valence-corrected chi connectivity index (χ4v) is 5.79. The molecule has 0 fully saturated rings. The number of benzene rings is 3. The molecule has 0 radical (unpaired) electrons. The van der Waals surface area contributed by atoms with Crippen molar-refractivity contribution in [2.45, 2.75) is 21.9 Å². The van der Waals surface area contributed by atoms with E-state index in [1.54, 1.807) is 47.9 Å². The van der Waals surface area contributed by atoms with Gasteiger partial charge in [0.05, 0.1) is 22.9 Å². The van der Waals surface area contributed by atoms with Gasteiger partial charge in [0.2, 0.25) is 21.8 Å². The van der Waals surface area contributed by atoms with Crippen LogP contribution in [-0.2, 0) is 14.8 Å². The quantitative estimate of drug-likeness (QED) is 0.320. The molecule has 1 N–H and O–H groups in total. The monoisotopic (exact) mass is 524 g/mol. The highest BCUT2D eigenvalue weighted by atomic mass is 32.2. The van der Waals surface area contributed by atoms with Gasteiger partial charge in [-0.15, -0.1) is 10.2 Å². The summed E-state index contributed by atoms with van der Waals surface area (Å²) in [7, 11) is -3.35. The van der Waals surface area contributed by atoms with Crippen LogP contribution in [-0.4, -0.2) is 36.0 Å². The Bertz CT molecular complexity index is 1440. The van der Waals surface area contributed by atoms with Crippen molar-refractivity contribution in [2.75, 3.05) is 21.1 Å². The molecule has 8 nitrogen and oxygen atoms in total. The lowest BCUT2D eigenvalue weighted by Crippen LogP contribution is -2.29. The van der Waals surface area contributed by atoms with E-state index >= 15 is 0 Å². The first kappa shape index (κ1) is 23.5. The Morgan fingerprint density at radius 1 is 0.971 bits per heavy atom. The maximum atomic E-state index is 13.3. The van der Waals surface area contributed by atoms with E-state index in [1.807, 2.05) is 48.5 Å². The van der Waals surface area contributed by atoms with E-state index in [9.17, 15) is 13.2 Å². The molecule has 0 bridgehead atoms. The molecule has 0 saturated carbocycles. The van der Waals surface area contributed by atoms with E-state index in [4.69, 9.17) is 4.42 Å². The first-order valence-corrected chi connectivity index (χ1v) is 14.1. The minimum atomic E-state index is -3.35. The predicted molar refractivity (Wildman–Crippen MR) is 138 cm³/mol. The van der Waals surface area contributed by atoms with Crippen LogP contribution in [0.4, 0.5) is 17.1 Å². The first-order chi connectivity index (χ1) is 16.9. The number of nitrogens with zero attached hydrogens (tertiary/aromatic N) is 3. The molecule has 1 aliphatic rings.